The molecular weight excluding hydrogens is 208 g/mol. The Balaban J connectivity index is 2.77. The van der Waals surface area contributed by atoms with E-state index in [1.54, 1.807) is 0 Å². The third-order valence-corrected chi connectivity index (χ3v) is 2.22. The number of aromatic nitrogens is 2. The minimum absolute atomic E-state index is 0.0728. The van der Waals surface area contributed by atoms with Crippen LogP contribution in [0, 0.1) is 0 Å². The summed E-state index contributed by atoms with van der Waals surface area (Å²) in [6.07, 6.45) is 1.44. The minimum atomic E-state index is -0.654. The highest BCUT2D eigenvalue weighted by atomic mass is 16.3. The number of nitrogens with two attached hydrogens (primary N) is 2. The maximum Gasteiger partial charge on any atom is 0.254 e. The zero-order chi connectivity index (χ0) is 11.9. The summed E-state index contributed by atoms with van der Waals surface area (Å²) in [7, 11) is 0. The van der Waals surface area contributed by atoms with Gasteiger partial charge in [0.15, 0.2) is 11.5 Å². The van der Waals surface area contributed by atoms with Gasteiger partial charge in [-0.15, -0.1) is 0 Å². The number of anilines is 1. The first-order chi connectivity index (χ1) is 7.50. The van der Waals surface area contributed by atoms with Gasteiger partial charge in [0, 0.05) is 5.92 Å². The van der Waals surface area contributed by atoms with Crippen molar-refractivity contribution in [3.8, 4) is 0 Å². The molecule has 0 atom stereocenters. The number of nitrogens with zero attached hydrogens (tertiary/aromatic N) is 2. The second-order valence-electron chi connectivity index (χ2n) is 3.80. The van der Waals surface area contributed by atoms with Gasteiger partial charge in [-0.2, -0.15) is 0 Å². The number of carbonyl (C=O) groups excluding carboxylic acids is 1. The number of fused-ring (bicyclic) bond motifs is 1. The Morgan fingerprint density at radius 1 is 1.50 bits per heavy atom. The first kappa shape index (κ1) is 10.4. The van der Waals surface area contributed by atoms with Gasteiger partial charge in [0.2, 0.25) is 0 Å². The maximum atomic E-state index is 11.2. The molecular formula is C10H12N4O2. The molecule has 0 aromatic carbocycles. The summed E-state index contributed by atoms with van der Waals surface area (Å²) in [5.41, 5.74) is 11.7. The number of carbonyl (C=O) groups is 1. The summed E-state index contributed by atoms with van der Waals surface area (Å²) < 4.78 is 5.44. The van der Waals surface area contributed by atoms with Crippen molar-refractivity contribution in [3.63, 3.8) is 0 Å². The number of primary amides is 1. The Hall–Kier alpha value is -2.11. The molecule has 0 saturated carbocycles. The van der Waals surface area contributed by atoms with Gasteiger partial charge in [0.25, 0.3) is 5.91 Å². The first-order valence-corrected chi connectivity index (χ1v) is 4.85. The number of oxazole rings is 1. The van der Waals surface area contributed by atoms with E-state index in [9.17, 15) is 4.79 Å². The Morgan fingerprint density at radius 2 is 2.19 bits per heavy atom. The van der Waals surface area contributed by atoms with Gasteiger partial charge in [0.05, 0.1) is 6.20 Å². The van der Waals surface area contributed by atoms with E-state index in [2.05, 4.69) is 9.97 Å². The molecule has 0 bridgehead atoms. The van der Waals surface area contributed by atoms with E-state index in [4.69, 9.17) is 15.9 Å². The molecule has 0 aliphatic rings. The second kappa shape index (κ2) is 3.48. The Morgan fingerprint density at radius 3 is 2.75 bits per heavy atom. The van der Waals surface area contributed by atoms with Gasteiger partial charge in [-0.05, 0) is 0 Å². The van der Waals surface area contributed by atoms with Crippen LogP contribution < -0.4 is 11.5 Å². The molecule has 2 heterocycles. The average molecular weight is 220 g/mol. The average Bonchev–Trinajstić information content (AvgIpc) is 2.60. The van der Waals surface area contributed by atoms with Crippen molar-refractivity contribution >= 4 is 22.8 Å². The van der Waals surface area contributed by atoms with Crippen LogP contribution in [0.15, 0.2) is 10.6 Å². The number of rotatable bonds is 2. The van der Waals surface area contributed by atoms with E-state index in [1.165, 1.54) is 6.20 Å². The van der Waals surface area contributed by atoms with Crippen molar-refractivity contribution in [2.75, 3.05) is 5.73 Å². The van der Waals surface area contributed by atoms with Crippen LogP contribution in [-0.2, 0) is 0 Å². The third-order valence-electron chi connectivity index (χ3n) is 2.22. The summed E-state index contributed by atoms with van der Waals surface area (Å²) >= 11 is 0. The summed E-state index contributed by atoms with van der Waals surface area (Å²) in [5, 5.41) is 0. The molecule has 0 aliphatic carbocycles. The molecule has 84 valence electrons. The topological polar surface area (TPSA) is 108 Å². The SMILES string of the molecule is CC(C)c1nc2c(C(N)=O)c(N)ncc2o1. The van der Waals surface area contributed by atoms with Crippen LogP contribution in [-0.4, -0.2) is 15.9 Å². The van der Waals surface area contributed by atoms with Crippen LogP contribution in [0.25, 0.3) is 11.1 Å². The molecule has 0 fully saturated rings. The van der Waals surface area contributed by atoms with Crippen molar-refractivity contribution < 1.29 is 9.21 Å². The van der Waals surface area contributed by atoms with Crippen molar-refractivity contribution in [2.24, 2.45) is 5.73 Å². The van der Waals surface area contributed by atoms with Crippen LogP contribution in [0.1, 0.15) is 36.0 Å². The molecule has 0 spiro atoms. The van der Waals surface area contributed by atoms with E-state index in [0.29, 0.717) is 17.0 Å². The smallest absolute Gasteiger partial charge is 0.254 e. The quantitative estimate of drug-likeness (QED) is 0.785. The zero-order valence-corrected chi connectivity index (χ0v) is 9.02. The monoisotopic (exact) mass is 220 g/mol. The number of amides is 1. The molecule has 0 unspecified atom stereocenters. The van der Waals surface area contributed by atoms with Crippen LogP contribution in [0.5, 0.6) is 0 Å². The normalized spacial score (nSPS) is 11.2. The van der Waals surface area contributed by atoms with Crippen LogP contribution >= 0.6 is 0 Å². The lowest BCUT2D eigenvalue weighted by Gasteiger charge is -1.98. The summed E-state index contributed by atoms with van der Waals surface area (Å²) in [5.74, 6) is 0.0714. The number of hydrogen-bond donors (Lipinski definition) is 2. The van der Waals surface area contributed by atoms with Crippen molar-refractivity contribution in [2.45, 2.75) is 19.8 Å². The fraction of sp³-hybridized carbons (Fsp3) is 0.300. The number of hydrogen-bond acceptors (Lipinski definition) is 5. The van der Waals surface area contributed by atoms with E-state index >= 15 is 0 Å². The van der Waals surface area contributed by atoms with Crippen LogP contribution in [0.4, 0.5) is 5.82 Å². The largest absolute Gasteiger partial charge is 0.439 e. The number of nitrogen functional groups attached to an aromatic ring is 1. The van der Waals surface area contributed by atoms with E-state index in [1.807, 2.05) is 13.8 Å². The van der Waals surface area contributed by atoms with Crippen molar-refractivity contribution in [1.29, 1.82) is 0 Å². The summed E-state index contributed by atoms with van der Waals surface area (Å²) in [4.78, 5) is 19.3. The fourth-order valence-corrected chi connectivity index (χ4v) is 1.42. The molecule has 2 rings (SSSR count). The van der Waals surface area contributed by atoms with Gasteiger partial charge in [-0.3, -0.25) is 4.79 Å². The minimum Gasteiger partial charge on any atom is -0.439 e. The van der Waals surface area contributed by atoms with Gasteiger partial charge >= 0.3 is 0 Å². The maximum absolute atomic E-state index is 11.2. The van der Waals surface area contributed by atoms with Crippen LogP contribution in [0.2, 0.25) is 0 Å². The Labute approximate surface area is 91.6 Å². The fourth-order valence-electron chi connectivity index (χ4n) is 1.42. The molecule has 6 heteroatoms. The van der Waals surface area contributed by atoms with E-state index in [-0.39, 0.29) is 17.3 Å². The van der Waals surface area contributed by atoms with E-state index < -0.39 is 5.91 Å². The molecule has 2 aromatic rings. The third kappa shape index (κ3) is 1.48. The highest BCUT2D eigenvalue weighted by Crippen LogP contribution is 2.25. The van der Waals surface area contributed by atoms with Gasteiger partial charge in [-0.25, -0.2) is 9.97 Å². The van der Waals surface area contributed by atoms with Gasteiger partial charge in [-0.1, -0.05) is 13.8 Å². The van der Waals surface area contributed by atoms with E-state index in [0.717, 1.165) is 0 Å². The van der Waals surface area contributed by atoms with Crippen LogP contribution in [0.3, 0.4) is 0 Å². The number of pyridine rings is 1. The predicted octanol–water partition coefficient (Wildman–Crippen LogP) is 1.03. The predicted molar refractivity (Wildman–Crippen MR) is 58.8 cm³/mol. The lowest BCUT2D eigenvalue weighted by Crippen LogP contribution is -2.15. The summed E-state index contributed by atoms with van der Waals surface area (Å²) in [6, 6.07) is 0. The molecule has 0 radical (unpaired) electrons. The zero-order valence-electron chi connectivity index (χ0n) is 9.02. The molecule has 0 aliphatic heterocycles. The second-order valence-corrected chi connectivity index (χ2v) is 3.80. The van der Waals surface area contributed by atoms with Crippen molar-refractivity contribution in [1.82, 2.24) is 9.97 Å². The summed E-state index contributed by atoms with van der Waals surface area (Å²) in [6.45, 7) is 3.87. The molecule has 0 saturated heterocycles. The lowest BCUT2D eigenvalue weighted by molar-refractivity contribution is 0.100. The molecule has 1 amide bonds. The highest BCUT2D eigenvalue weighted by molar-refractivity contribution is 6.07. The standard InChI is InChI=1S/C10H12N4O2/c1-4(2)10-14-7-5(16-10)3-13-8(11)6(7)9(12)15/h3-4H,1-2H3,(H2,11,13)(H2,12,15). The van der Waals surface area contributed by atoms with Gasteiger partial charge in [0.1, 0.15) is 16.9 Å². The first-order valence-electron chi connectivity index (χ1n) is 4.85. The molecule has 16 heavy (non-hydrogen) atoms. The molecule has 6 nitrogen and oxygen atoms in total. The Bertz CT molecular complexity index is 559. The van der Waals surface area contributed by atoms with Crippen molar-refractivity contribution in [3.05, 3.63) is 17.7 Å². The molecule has 2 aromatic heterocycles. The van der Waals surface area contributed by atoms with Gasteiger partial charge < -0.3 is 15.9 Å². The lowest BCUT2D eigenvalue weighted by atomic mass is 10.2. The Kier molecular flexibility index (Phi) is 2.26. The molecule has 4 N–H and O–H groups in total. The highest BCUT2D eigenvalue weighted by Gasteiger charge is 2.18.